The molecule has 0 heterocycles. The van der Waals surface area contributed by atoms with Gasteiger partial charge in [-0.25, -0.2) is 0 Å². The minimum Gasteiger partial charge on any atom is -0.325 e. The Balaban J connectivity index is 2.56. The summed E-state index contributed by atoms with van der Waals surface area (Å²) < 4.78 is 0. The average molecular weight is 248 g/mol. The van der Waals surface area contributed by atoms with Crippen molar-refractivity contribution in [2.24, 2.45) is 5.73 Å². The van der Waals surface area contributed by atoms with Gasteiger partial charge in [0.2, 0.25) is 5.91 Å². The van der Waals surface area contributed by atoms with Crippen LogP contribution in [0.15, 0.2) is 24.3 Å². The first-order chi connectivity index (χ1) is 8.54. The molecule has 1 rings (SSSR count). The minimum absolute atomic E-state index is 0.00697. The van der Waals surface area contributed by atoms with Crippen LogP contribution in [0.2, 0.25) is 0 Å². The third-order valence-electron chi connectivity index (χ3n) is 2.76. The highest BCUT2D eigenvalue weighted by Gasteiger charge is 2.12. The number of unbranched alkanes of at least 4 members (excludes halogenated alkanes) is 1. The lowest BCUT2D eigenvalue weighted by Gasteiger charge is -2.11. The molecule has 0 aliphatic rings. The molecule has 0 aliphatic carbocycles. The van der Waals surface area contributed by atoms with Gasteiger partial charge >= 0.3 is 0 Å². The van der Waals surface area contributed by atoms with E-state index in [0.717, 1.165) is 12.8 Å². The fourth-order valence-electron chi connectivity index (χ4n) is 1.58. The number of hydrogen-bond donors (Lipinski definition) is 2. The van der Waals surface area contributed by atoms with E-state index in [1.807, 2.05) is 0 Å². The third kappa shape index (κ3) is 4.30. The predicted molar refractivity (Wildman–Crippen MR) is 72.6 cm³/mol. The number of nitrogens with one attached hydrogen (secondary N) is 1. The Morgan fingerprint density at radius 1 is 1.28 bits per heavy atom. The van der Waals surface area contributed by atoms with Crippen molar-refractivity contribution in [1.82, 2.24) is 0 Å². The van der Waals surface area contributed by atoms with Crippen LogP contribution in [-0.4, -0.2) is 17.7 Å². The van der Waals surface area contributed by atoms with E-state index in [4.69, 9.17) is 5.73 Å². The molecule has 1 amide bonds. The molecule has 18 heavy (non-hydrogen) atoms. The zero-order chi connectivity index (χ0) is 13.5. The van der Waals surface area contributed by atoms with Crippen LogP contribution in [0, 0.1) is 0 Å². The summed E-state index contributed by atoms with van der Waals surface area (Å²) >= 11 is 0. The Hall–Kier alpha value is -1.68. The topological polar surface area (TPSA) is 72.2 Å². The van der Waals surface area contributed by atoms with Gasteiger partial charge in [-0.3, -0.25) is 9.59 Å². The smallest absolute Gasteiger partial charge is 0.241 e. The molecule has 0 aliphatic heterocycles. The van der Waals surface area contributed by atoms with E-state index in [2.05, 4.69) is 12.2 Å². The van der Waals surface area contributed by atoms with E-state index in [0.29, 0.717) is 17.7 Å². The summed E-state index contributed by atoms with van der Waals surface area (Å²) in [6.45, 7) is 3.57. The number of rotatable bonds is 6. The van der Waals surface area contributed by atoms with Crippen molar-refractivity contribution >= 4 is 17.4 Å². The second kappa shape index (κ2) is 6.91. The molecule has 0 radical (unpaired) electrons. The Morgan fingerprint density at radius 3 is 2.39 bits per heavy atom. The molecule has 0 spiro atoms. The highest BCUT2D eigenvalue weighted by Crippen LogP contribution is 2.11. The van der Waals surface area contributed by atoms with Crippen LogP contribution < -0.4 is 11.1 Å². The third-order valence-corrected chi connectivity index (χ3v) is 2.76. The molecule has 1 unspecified atom stereocenters. The molecule has 4 nitrogen and oxygen atoms in total. The summed E-state index contributed by atoms with van der Waals surface area (Å²) in [6.07, 6.45) is 2.65. The number of benzene rings is 1. The molecule has 98 valence electrons. The maximum atomic E-state index is 11.7. The van der Waals surface area contributed by atoms with Gasteiger partial charge in [-0.15, -0.1) is 0 Å². The summed E-state index contributed by atoms with van der Waals surface area (Å²) in [6, 6.07) is 6.32. The minimum atomic E-state index is -0.475. The molecule has 4 heteroatoms. The Labute approximate surface area is 108 Å². The van der Waals surface area contributed by atoms with Gasteiger partial charge in [0, 0.05) is 11.3 Å². The Kier molecular flexibility index (Phi) is 5.52. The fraction of sp³-hybridized carbons (Fsp3) is 0.429. The van der Waals surface area contributed by atoms with E-state index in [-0.39, 0.29) is 11.7 Å². The van der Waals surface area contributed by atoms with Crippen molar-refractivity contribution < 1.29 is 9.59 Å². The lowest BCUT2D eigenvalue weighted by Crippen LogP contribution is -2.35. The molecule has 3 N–H and O–H groups in total. The van der Waals surface area contributed by atoms with Crippen LogP contribution >= 0.6 is 0 Å². The van der Waals surface area contributed by atoms with Gasteiger partial charge in [-0.05, 0) is 37.6 Å². The van der Waals surface area contributed by atoms with Gasteiger partial charge in [0.1, 0.15) is 0 Å². The lowest BCUT2D eigenvalue weighted by molar-refractivity contribution is -0.117. The highest BCUT2D eigenvalue weighted by atomic mass is 16.2. The highest BCUT2D eigenvalue weighted by molar-refractivity contribution is 5.96. The molecule has 0 saturated carbocycles. The van der Waals surface area contributed by atoms with Gasteiger partial charge in [-0.1, -0.05) is 19.8 Å². The molecule has 1 atom stereocenters. The first-order valence-electron chi connectivity index (χ1n) is 6.22. The molecule has 1 aromatic rings. The summed E-state index contributed by atoms with van der Waals surface area (Å²) in [5, 5.41) is 2.74. The maximum Gasteiger partial charge on any atom is 0.241 e. The van der Waals surface area contributed by atoms with E-state index >= 15 is 0 Å². The number of amides is 1. The van der Waals surface area contributed by atoms with Gasteiger partial charge in [0.15, 0.2) is 5.78 Å². The zero-order valence-electron chi connectivity index (χ0n) is 10.9. The van der Waals surface area contributed by atoms with Crippen LogP contribution in [0.4, 0.5) is 5.69 Å². The monoisotopic (exact) mass is 248 g/mol. The first-order valence-corrected chi connectivity index (χ1v) is 6.22. The molecule has 0 saturated heterocycles. The quantitative estimate of drug-likeness (QED) is 0.759. The number of ketones is 1. The molecular weight excluding hydrogens is 228 g/mol. The van der Waals surface area contributed by atoms with Gasteiger partial charge in [0.05, 0.1) is 6.04 Å². The SMILES string of the molecule is CCCCC(N)C(=O)Nc1ccc(C(C)=O)cc1. The van der Waals surface area contributed by atoms with E-state index in [1.165, 1.54) is 6.92 Å². The molecule has 0 aromatic heterocycles. The summed E-state index contributed by atoms with van der Waals surface area (Å²) in [5.74, 6) is -0.174. The van der Waals surface area contributed by atoms with E-state index in [1.54, 1.807) is 24.3 Å². The van der Waals surface area contributed by atoms with Crippen molar-refractivity contribution in [2.45, 2.75) is 39.2 Å². The van der Waals surface area contributed by atoms with Gasteiger partial charge in [-0.2, -0.15) is 0 Å². The van der Waals surface area contributed by atoms with Crippen molar-refractivity contribution in [2.75, 3.05) is 5.32 Å². The summed E-state index contributed by atoms with van der Waals surface area (Å²) in [7, 11) is 0. The number of carbonyl (C=O) groups is 2. The lowest BCUT2D eigenvalue weighted by atomic mass is 10.1. The molecule has 1 aromatic carbocycles. The molecular formula is C14H20N2O2. The Bertz CT molecular complexity index is 412. The van der Waals surface area contributed by atoms with Crippen molar-refractivity contribution in [3.05, 3.63) is 29.8 Å². The first kappa shape index (κ1) is 14.4. The summed E-state index contributed by atoms with van der Waals surface area (Å²) in [4.78, 5) is 22.8. The number of hydrogen-bond acceptors (Lipinski definition) is 3. The van der Waals surface area contributed by atoms with Crippen molar-refractivity contribution in [3.8, 4) is 0 Å². The number of carbonyl (C=O) groups excluding carboxylic acids is 2. The number of Topliss-reactive ketones (excluding diaryl/α,β-unsaturated/α-hetero) is 1. The zero-order valence-corrected chi connectivity index (χ0v) is 10.9. The van der Waals surface area contributed by atoms with Crippen LogP contribution in [0.1, 0.15) is 43.5 Å². The normalized spacial score (nSPS) is 11.9. The average Bonchev–Trinajstić information content (AvgIpc) is 2.36. The van der Waals surface area contributed by atoms with Gasteiger partial charge in [0.25, 0.3) is 0 Å². The van der Waals surface area contributed by atoms with E-state index in [9.17, 15) is 9.59 Å². The Morgan fingerprint density at radius 2 is 1.89 bits per heavy atom. The fourth-order valence-corrected chi connectivity index (χ4v) is 1.58. The van der Waals surface area contributed by atoms with Crippen LogP contribution in [0.3, 0.4) is 0 Å². The number of anilines is 1. The van der Waals surface area contributed by atoms with Gasteiger partial charge < -0.3 is 11.1 Å². The standard InChI is InChI=1S/C14H20N2O2/c1-3-4-5-13(15)14(18)16-12-8-6-11(7-9-12)10(2)17/h6-9,13H,3-5,15H2,1-2H3,(H,16,18). The van der Waals surface area contributed by atoms with Crippen LogP contribution in [0.5, 0.6) is 0 Å². The van der Waals surface area contributed by atoms with Crippen molar-refractivity contribution in [3.63, 3.8) is 0 Å². The van der Waals surface area contributed by atoms with Crippen LogP contribution in [0.25, 0.3) is 0 Å². The van der Waals surface area contributed by atoms with E-state index < -0.39 is 6.04 Å². The maximum absolute atomic E-state index is 11.7. The second-order valence-electron chi connectivity index (χ2n) is 4.37. The second-order valence-corrected chi connectivity index (χ2v) is 4.37. The molecule has 0 fully saturated rings. The molecule has 0 bridgehead atoms. The largest absolute Gasteiger partial charge is 0.325 e. The predicted octanol–water partition coefficient (Wildman–Crippen LogP) is 2.35. The number of nitrogens with two attached hydrogens (primary N) is 1. The summed E-state index contributed by atoms with van der Waals surface area (Å²) in [5.41, 5.74) is 7.05. The van der Waals surface area contributed by atoms with Crippen LogP contribution in [-0.2, 0) is 4.79 Å². The van der Waals surface area contributed by atoms with Crippen molar-refractivity contribution in [1.29, 1.82) is 0 Å².